The third-order valence-electron chi connectivity index (χ3n) is 2.97. The highest BCUT2D eigenvalue weighted by Gasteiger charge is 2.15. The van der Waals surface area contributed by atoms with Crippen molar-refractivity contribution < 1.29 is 4.74 Å². The topological polar surface area (TPSA) is 83.4 Å². The summed E-state index contributed by atoms with van der Waals surface area (Å²) in [4.78, 5) is 3.99. The van der Waals surface area contributed by atoms with E-state index in [-0.39, 0.29) is 6.10 Å². The molecule has 1 atom stereocenters. The third kappa shape index (κ3) is 6.55. The fourth-order valence-corrected chi connectivity index (χ4v) is 1.95. The number of nitriles is 1. The van der Waals surface area contributed by atoms with Gasteiger partial charge >= 0.3 is 0 Å². The predicted octanol–water partition coefficient (Wildman–Crippen LogP) is 3.02. The molecular formula is C17H21ClN4O. The van der Waals surface area contributed by atoms with E-state index in [9.17, 15) is 5.26 Å². The molecule has 0 aliphatic carbocycles. The molecule has 6 heteroatoms. The predicted molar refractivity (Wildman–Crippen MR) is 94.7 cm³/mol. The Balaban J connectivity index is 2.97. The molecule has 0 unspecified atom stereocenters. The number of nitrogens with one attached hydrogen (secondary N) is 1. The molecule has 122 valence electrons. The smallest absolute Gasteiger partial charge is 0.139 e. The van der Waals surface area contributed by atoms with Crippen LogP contribution in [0.25, 0.3) is 0 Å². The summed E-state index contributed by atoms with van der Waals surface area (Å²) in [6, 6.07) is 7.01. The van der Waals surface area contributed by atoms with Gasteiger partial charge in [0.15, 0.2) is 0 Å². The van der Waals surface area contributed by atoms with Crippen LogP contribution < -0.4 is 15.8 Å². The first-order valence-electron chi connectivity index (χ1n) is 7.14. The largest absolute Gasteiger partial charge is 0.484 e. The minimum Gasteiger partial charge on any atom is -0.484 e. The Morgan fingerprint density at radius 3 is 2.96 bits per heavy atom. The lowest BCUT2D eigenvalue weighted by molar-refractivity contribution is 0.229. The van der Waals surface area contributed by atoms with Crippen molar-refractivity contribution in [3.63, 3.8) is 0 Å². The van der Waals surface area contributed by atoms with Crippen LogP contribution in [-0.2, 0) is 0 Å². The highest BCUT2D eigenvalue weighted by atomic mass is 35.5. The van der Waals surface area contributed by atoms with Gasteiger partial charge in [-0.2, -0.15) is 5.26 Å². The number of halogens is 1. The molecule has 0 spiro atoms. The first-order valence-corrected chi connectivity index (χ1v) is 7.51. The highest BCUT2D eigenvalue weighted by molar-refractivity contribution is 6.30. The molecule has 1 rings (SSSR count). The first-order chi connectivity index (χ1) is 11.0. The van der Waals surface area contributed by atoms with Crippen molar-refractivity contribution >= 4 is 17.4 Å². The van der Waals surface area contributed by atoms with Crippen molar-refractivity contribution in [3.8, 4) is 11.8 Å². The van der Waals surface area contributed by atoms with Crippen LogP contribution in [0.1, 0.15) is 18.9 Å². The molecule has 0 radical (unpaired) electrons. The average molecular weight is 333 g/mol. The Labute approximate surface area is 142 Å². The van der Waals surface area contributed by atoms with E-state index in [1.165, 1.54) is 0 Å². The zero-order chi connectivity index (χ0) is 17.2. The van der Waals surface area contributed by atoms with Gasteiger partial charge in [0.05, 0.1) is 11.4 Å². The van der Waals surface area contributed by atoms with Gasteiger partial charge in [-0.15, -0.1) is 0 Å². The number of ether oxygens (including phenoxy) is 1. The SMILES string of the molecule is C=C(/C=C\N=C(C)N)[C@@H](CCNC)Oc1cc(Cl)ccc1C#N. The number of amidine groups is 1. The zero-order valence-electron chi connectivity index (χ0n) is 13.3. The number of nitrogens with two attached hydrogens (primary N) is 1. The molecule has 1 aromatic rings. The van der Waals surface area contributed by atoms with E-state index in [4.69, 9.17) is 22.1 Å². The molecule has 0 fully saturated rings. The molecular weight excluding hydrogens is 312 g/mol. The molecule has 0 aromatic heterocycles. The van der Waals surface area contributed by atoms with Crippen molar-refractivity contribution in [3.05, 3.63) is 53.2 Å². The van der Waals surface area contributed by atoms with E-state index >= 15 is 0 Å². The van der Waals surface area contributed by atoms with Gasteiger partial charge < -0.3 is 15.8 Å². The first kappa shape index (κ1) is 18.8. The Bertz CT molecular complexity index is 642. The minimum absolute atomic E-state index is 0.308. The number of aliphatic imine (C=N–C) groups is 1. The molecule has 0 heterocycles. The number of hydrogen-bond donors (Lipinski definition) is 2. The van der Waals surface area contributed by atoms with Gasteiger partial charge in [0.1, 0.15) is 17.9 Å². The van der Waals surface area contributed by atoms with Gasteiger partial charge in [-0.25, -0.2) is 4.99 Å². The lowest BCUT2D eigenvalue weighted by Crippen LogP contribution is -2.24. The number of nitrogens with zero attached hydrogens (tertiary/aromatic N) is 2. The molecule has 0 saturated carbocycles. The lowest BCUT2D eigenvalue weighted by Gasteiger charge is -2.20. The normalized spacial score (nSPS) is 12.9. The fraction of sp³-hybridized carbons (Fsp3) is 0.294. The molecule has 0 aliphatic rings. The molecule has 3 N–H and O–H groups in total. The van der Waals surface area contributed by atoms with E-state index < -0.39 is 0 Å². The third-order valence-corrected chi connectivity index (χ3v) is 3.21. The number of hydrogen-bond acceptors (Lipinski definition) is 4. The van der Waals surface area contributed by atoms with Crippen LogP contribution in [0.4, 0.5) is 0 Å². The van der Waals surface area contributed by atoms with Gasteiger partial charge in [-0.3, -0.25) is 0 Å². The Morgan fingerprint density at radius 2 is 2.35 bits per heavy atom. The Kier molecular flexibility index (Phi) is 7.89. The van der Waals surface area contributed by atoms with Crippen molar-refractivity contribution in [1.82, 2.24) is 5.32 Å². The van der Waals surface area contributed by atoms with Crippen LogP contribution in [-0.4, -0.2) is 25.5 Å². The summed E-state index contributed by atoms with van der Waals surface area (Å²) < 4.78 is 5.96. The molecule has 5 nitrogen and oxygen atoms in total. The van der Waals surface area contributed by atoms with E-state index in [1.807, 2.05) is 7.05 Å². The molecule has 0 amide bonds. The summed E-state index contributed by atoms with van der Waals surface area (Å²) in [6.07, 6.45) is 3.70. The number of benzene rings is 1. The second-order valence-corrected chi connectivity index (χ2v) is 5.35. The summed E-state index contributed by atoms with van der Waals surface area (Å²) in [5, 5.41) is 12.8. The summed E-state index contributed by atoms with van der Waals surface area (Å²) in [5.74, 6) is 0.900. The zero-order valence-corrected chi connectivity index (χ0v) is 14.1. The van der Waals surface area contributed by atoms with Gasteiger partial charge in [0, 0.05) is 23.7 Å². The van der Waals surface area contributed by atoms with Crippen LogP contribution in [0.3, 0.4) is 0 Å². The standard InChI is InChI=1S/C17H21ClN4O/c1-12(6-9-22-13(2)20)16(7-8-21-3)23-17-10-15(18)5-4-14(17)11-19/h4-6,9-10,16,21H,1,7-8H2,2-3H3,(H2,20,22)/b9-6-/t16-/m1/s1. The van der Waals surface area contributed by atoms with Crippen LogP contribution in [0.2, 0.25) is 5.02 Å². The van der Waals surface area contributed by atoms with E-state index in [0.29, 0.717) is 28.6 Å². The van der Waals surface area contributed by atoms with Gasteiger partial charge in [0.25, 0.3) is 0 Å². The van der Waals surface area contributed by atoms with Crippen LogP contribution in [0.5, 0.6) is 5.75 Å². The molecule has 1 aromatic carbocycles. The fourth-order valence-electron chi connectivity index (χ4n) is 1.79. The van der Waals surface area contributed by atoms with Crippen LogP contribution in [0.15, 0.2) is 47.6 Å². The van der Waals surface area contributed by atoms with Crippen molar-refractivity contribution in [1.29, 1.82) is 5.26 Å². The monoisotopic (exact) mass is 332 g/mol. The summed E-state index contributed by atoms with van der Waals surface area (Å²) >= 11 is 5.99. The number of rotatable bonds is 8. The van der Waals surface area contributed by atoms with Crippen LogP contribution >= 0.6 is 11.6 Å². The summed E-state index contributed by atoms with van der Waals surface area (Å²) in [6.45, 7) is 6.45. The summed E-state index contributed by atoms with van der Waals surface area (Å²) in [7, 11) is 1.86. The Hall–Kier alpha value is -2.29. The molecule has 0 saturated heterocycles. The van der Waals surface area contributed by atoms with Gasteiger partial charge in [-0.05, 0) is 44.3 Å². The lowest BCUT2D eigenvalue weighted by atomic mass is 10.1. The quantitative estimate of drug-likeness (QED) is 0.435. The average Bonchev–Trinajstić information content (AvgIpc) is 2.51. The van der Waals surface area contributed by atoms with Crippen molar-refractivity contribution in [2.75, 3.05) is 13.6 Å². The van der Waals surface area contributed by atoms with Crippen molar-refractivity contribution in [2.45, 2.75) is 19.4 Å². The highest BCUT2D eigenvalue weighted by Crippen LogP contribution is 2.26. The maximum Gasteiger partial charge on any atom is 0.139 e. The Morgan fingerprint density at radius 1 is 1.61 bits per heavy atom. The van der Waals surface area contributed by atoms with Crippen LogP contribution in [0, 0.1) is 11.3 Å². The van der Waals surface area contributed by atoms with E-state index in [2.05, 4.69) is 23.0 Å². The van der Waals surface area contributed by atoms with Gasteiger partial charge in [-0.1, -0.05) is 18.2 Å². The molecule has 0 aliphatic heterocycles. The second kappa shape index (κ2) is 9.67. The maximum absolute atomic E-state index is 9.19. The van der Waals surface area contributed by atoms with E-state index in [1.54, 1.807) is 37.4 Å². The summed E-state index contributed by atoms with van der Waals surface area (Å²) in [5.41, 5.74) is 6.65. The second-order valence-electron chi connectivity index (χ2n) is 4.91. The van der Waals surface area contributed by atoms with Gasteiger partial charge in [0.2, 0.25) is 0 Å². The molecule has 0 bridgehead atoms. The molecule has 23 heavy (non-hydrogen) atoms. The minimum atomic E-state index is -0.308. The van der Waals surface area contributed by atoms with E-state index in [0.717, 1.165) is 12.1 Å². The maximum atomic E-state index is 9.19. The van der Waals surface area contributed by atoms with Crippen molar-refractivity contribution in [2.24, 2.45) is 10.7 Å².